The van der Waals surface area contributed by atoms with E-state index in [1.165, 1.54) is 12.0 Å². The summed E-state index contributed by atoms with van der Waals surface area (Å²) in [6.45, 7) is -0.250. The van der Waals surface area contributed by atoms with E-state index in [4.69, 9.17) is 5.26 Å². The van der Waals surface area contributed by atoms with E-state index < -0.39 is 0 Å². The van der Waals surface area contributed by atoms with E-state index in [-0.39, 0.29) is 12.1 Å². The molecule has 0 radical (unpaired) electrons. The van der Waals surface area contributed by atoms with Crippen LogP contribution in [-0.4, -0.2) is 6.67 Å². The summed E-state index contributed by atoms with van der Waals surface area (Å²) in [5, 5.41) is 8.70. The van der Waals surface area contributed by atoms with Gasteiger partial charge in [-0.25, -0.2) is 0 Å². The van der Waals surface area contributed by atoms with Crippen LogP contribution in [0.15, 0.2) is 24.3 Å². The molecule has 1 aliphatic carbocycles. The van der Waals surface area contributed by atoms with E-state index in [0.29, 0.717) is 12.0 Å². The molecular weight excluding hydrogens is 189 g/mol. The molecule has 0 aromatic heterocycles. The maximum absolute atomic E-state index is 12.5. The summed E-state index contributed by atoms with van der Waals surface area (Å²) in [5.74, 6) is 0. The lowest BCUT2D eigenvalue weighted by molar-refractivity contribution is 0.205. The Morgan fingerprint density at radius 3 is 2.33 bits per heavy atom. The van der Waals surface area contributed by atoms with E-state index in [2.05, 4.69) is 6.07 Å². The zero-order valence-corrected chi connectivity index (χ0v) is 8.67. The summed E-state index contributed by atoms with van der Waals surface area (Å²) in [6, 6.07) is 9.71. The van der Waals surface area contributed by atoms with Gasteiger partial charge in [0.15, 0.2) is 0 Å². The molecule has 0 bridgehead atoms. The lowest BCUT2D eigenvalue weighted by Crippen LogP contribution is -2.34. The fraction of sp³-hybridized carbons (Fsp3) is 0.462. The predicted octanol–water partition coefficient (Wildman–Crippen LogP) is 3.34. The van der Waals surface area contributed by atoms with Gasteiger partial charge in [-0.1, -0.05) is 18.6 Å². The van der Waals surface area contributed by atoms with Crippen LogP contribution in [0.2, 0.25) is 0 Å². The minimum atomic E-state index is -0.250. The largest absolute Gasteiger partial charge is 0.251 e. The van der Waals surface area contributed by atoms with Crippen LogP contribution in [0, 0.1) is 11.3 Å². The van der Waals surface area contributed by atoms with E-state index in [0.717, 1.165) is 12.8 Å². The average molecular weight is 203 g/mol. The van der Waals surface area contributed by atoms with Crippen molar-refractivity contribution in [3.63, 3.8) is 0 Å². The number of halogens is 1. The quantitative estimate of drug-likeness (QED) is 0.739. The molecule has 0 amide bonds. The molecule has 2 heteroatoms. The van der Waals surface area contributed by atoms with Crippen molar-refractivity contribution in [1.29, 1.82) is 5.26 Å². The maximum atomic E-state index is 12.5. The first kappa shape index (κ1) is 10.2. The predicted molar refractivity (Wildman–Crippen MR) is 57.3 cm³/mol. The third-order valence-electron chi connectivity index (χ3n) is 3.51. The van der Waals surface area contributed by atoms with Crippen LogP contribution in [0.25, 0.3) is 0 Å². The molecule has 0 N–H and O–H groups in total. The molecule has 1 aromatic rings. The van der Waals surface area contributed by atoms with Gasteiger partial charge in [0.25, 0.3) is 0 Å². The Hall–Kier alpha value is -1.36. The van der Waals surface area contributed by atoms with Crippen LogP contribution in [0.3, 0.4) is 0 Å². The summed E-state index contributed by atoms with van der Waals surface area (Å²) in [4.78, 5) is 0. The van der Waals surface area contributed by atoms with Crippen LogP contribution in [0.5, 0.6) is 0 Å². The number of alkyl halides is 1. The number of rotatable bonds is 3. The molecule has 0 heterocycles. The molecule has 1 fully saturated rings. The van der Waals surface area contributed by atoms with Crippen molar-refractivity contribution < 1.29 is 4.39 Å². The second kappa shape index (κ2) is 4.02. The van der Waals surface area contributed by atoms with Gasteiger partial charge < -0.3 is 0 Å². The minimum Gasteiger partial charge on any atom is -0.251 e. The van der Waals surface area contributed by atoms with Crippen molar-refractivity contribution in [1.82, 2.24) is 0 Å². The van der Waals surface area contributed by atoms with E-state index >= 15 is 0 Å². The molecule has 1 saturated carbocycles. The molecule has 0 aliphatic heterocycles. The minimum absolute atomic E-state index is 0.0722. The first-order valence-electron chi connectivity index (χ1n) is 5.37. The van der Waals surface area contributed by atoms with E-state index in [1.54, 1.807) is 0 Å². The highest BCUT2D eigenvalue weighted by Gasteiger charge is 2.37. The molecule has 1 aromatic carbocycles. The highest BCUT2D eigenvalue weighted by Crippen LogP contribution is 2.46. The van der Waals surface area contributed by atoms with Crippen molar-refractivity contribution in [2.24, 2.45) is 0 Å². The van der Waals surface area contributed by atoms with Crippen molar-refractivity contribution >= 4 is 0 Å². The van der Waals surface area contributed by atoms with Gasteiger partial charge in [0, 0.05) is 0 Å². The second-order valence-corrected chi connectivity index (χ2v) is 4.26. The summed E-state index contributed by atoms with van der Waals surface area (Å²) in [6.07, 6.45) is 3.99. The highest BCUT2D eigenvalue weighted by molar-refractivity contribution is 5.36. The molecular formula is C13H14FN. The Bertz CT molecular complexity index is 371. The lowest BCUT2D eigenvalue weighted by atomic mass is 9.63. The van der Waals surface area contributed by atoms with Gasteiger partial charge in [0.2, 0.25) is 0 Å². The fourth-order valence-electron chi connectivity index (χ4n) is 2.37. The molecule has 0 saturated heterocycles. The Morgan fingerprint density at radius 2 is 1.93 bits per heavy atom. The zero-order chi connectivity index (χ0) is 10.7. The molecule has 1 nitrogen and oxygen atoms in total. The normalized spacial score (nSPS) is 17.9. The summed E-state index contributed by atoms with van der Waals surface area (Å²) in [7, 11) is 0. The molecule has 0 spiro atoms. The first-order chi connectivity index (χ1) is 7.30. The molecule has 0 atom stereocenters. The van der Waals surface area contributed by atoms with Gasteiger partial charge in [-0.2, -0.15) is 5.26 Å². The molecule has 1 aliphatic rings. The molecule has 78 valence electrons. The van der Waals surface area contributed by atoms with Gasteiger partial charge in [0.05, 0.1) is 18.3 Å². The zero-order valence-electron chi connectivity index (χ0n) is 8.67. The Balaban J connectivity index is 2.24. The lowest BCUT2D eigenvalue weighted by Gasteiger charge is -2.42. The number of nitrogens with zero attached hydrogens (tertiary/aromatic N) is 1. The monoisotopic (exact) mass is 203 g/mol. The van der Waals surface area contributed by atoms with Crippen LogP contribution in [0.4, 0.5) is 4.39 Å². The third kappa shape index (κ3) is 1.74. The topological polar surface area (TPSA) is 23.8 Å². The Kier molecular flexibility index (Phi) is 2.73. The smallest absolute Gasteiger partial charge is 0.0991 e. The summed E-state index contributed by atoms with van der Waals surface area (Å²) < 4.78 is 12.5. The molecule has 2 rings (SSSR count). The Morgan fingerprint density at radius 1 is 1.27 bits per heavy atom. The summed E-state index contributed by atoms with van der Waals surface area (Å²) in [5.41, 5.74) is 1.95. The fourth-order valence-corrected chi connectivity index (χ4v) is 2.37. The second-order valence-electron chi connectivity index (χ2n) is 4.26. The van der Waals surface area contributed by atoms with Crippen LogP contribution >= 0.6 is 0 Å². The number of nitriles is 1. The van der Waals surface area contributed by atoms with Crippen molar-refractivity contribution in [2.75, 3.05) is 6.67 Å². The standard InChI is InChI=1S/C13H14FN/c14-9-8-13(6-1-7-13)12-4-2-11(10-15)3-5-12/h2-5H,1,6-9H2. The third-order valence-corrected chi connectivity index (χ3v) is 3.51. The van der Waals surface area contributed by atoms with Gasteiger partial charge in [-0.05, 0) is 42.4 Å². The van der Waals surface area contributed by atoms with E-state index in [1.807, 2.05) is 24.3 Å². The Labute approximate surface area is 89.5 Å². The van der Waals surface area contributed by atoms with Crippen LogP contribution < -0.4 is 0 Å². The average Bonchev–Trinajstić information content (AvgIpc) is 2.24. The van der Waals surface area contributed by atoms with E-state index in [9.17, 15) is 4.39 Å². The first-order valence-corrected chi connectivity index (χ1v) is 5.37. The SMILES string of the molecule is N#Cc1ccc(C2(CCF)CCC2)cc1. The van der Waals surface area contributed by atoms with Crippen molar-refractivity contribution in [2.45, 2.75) is 31.1 Å². The maximum Gasteiger partial charge on any atom is 0.0991 e. The van der Waals surface area contributed by atoms with Gasteiger partial charge in [0.1, 0.15) is 0 Å². The van der Waals surface area contributed by atoms with Gasteiger partial charge in [-0.15, -0.1) is 0 Å². The van der Waals surface area contributed by atoms with Crippen molar-refractivity contribution in [3.05, 3.63) is 35.4 Å². The number of hydrogen-bond donors (Lipinski definition) is 0. The number of benzene rings is 1. The van der Waals surface area contributed by atoms with Gasteiger partial charge >= 0.3 is 0 Å². The molecule has 0 unspecified atom stereocenters. The highest BCUT2D eigenvalue weighted by atomic mass is 19.1. The summed E-state index contributed by atoms with van der Waals surface area (Å²) >= 11 is 0. The number of hydrogen-bond acceptors (Lipinski definition) is 1. The van der Waals surface area contributed by atoms with Crippen molar-refractivity contribution in [3.8, 4) is 6.07 Å². The van der Waals surface area contributed by atoms with Gasteiger partial charge in [-0.3, -0.25) is 4.39 Å². The van der Waals surface area contributed by atoms with Crippen LogP contribution in [-0.2, 0) is 5.41 Å². The van der Waals surface area contributed by atoms with Crippen LogP contribution in [0.1, 0.15) is 36.8 Å². The molecule has 15 heavy (non-hydrogen) atoms.